The highest BCUT2D eigenvalue weighted by molar-refractivity contribution is 8.00. The number of fused-ring (bicyclic) bond motifs is 1. The Balaban J connectivity index is 2.00. The summed E-state index contributed by atoms with van der Waals surface area (Å²) in [5.74, 6) is 0.751. The van der Waals surface area contributed by atoms with Gasteiger partial charge < -0.3 is 9.15 Å². The van der Waals surface area contributed by atoms with Gasteiger partial charge in [0.2, 0.25) is 5.89 Å². The molecule has 2 aromatic rings. The molecule has 1 aromatic heterocycles. The Bertz CT molecular complexity index is 677. The first-order valence-electron chi connectivity index (χ1n) is 7.69. The van der Waals surface area contributed by atoms with E-state index >= 15 is 0 Å². The molecule has 0 saturated heterocycles. The number of rotatable bonds is 3. The predicted octanol–water partition coefficient (Wildman–Crippen LogP) is 5.44. The summed E-state index contributed by atoms with van der Waals surface area (Å²) in [5, 5.41) is 1.16. The molecule has 1 aromatic carbocycles. The van der Waals surface area contributed by atoms with E-state index in [1.165, 1.54) is 6.42 Å². The second-order valence-corrected chi connectivity index (χ2v) is 8.51. The first kappa shape index (κ1) is 16.2. The summed E-state index contributed by atoms with van der Waals surface area (Å²) in [5.41, 5.74) is 1.57. The van der Waals surface area contributed by atoms with Gasteiger partial charge in [-0.3, -0.25) is 0 Å². The van der Waals surface area contributed by atoms with Gasteiger partial charge in [0.15, 0.2) is 5.58 Å². The lowest BCUT2D eigenvalue weighted by atomic mass is 9.97. The largest absolute Gasteiger partial charge is 0.439 e. The van der Waals surface area contributed by atoms with Gasteiger partial charge in [-0.2, -0.15) is 0 Å². The molecule has 0 N–H and O–H groups in total. The average Bonchev–Trinajstić information content (AvgIpc) is 3.07. The van der Waals surface area contributed by atoms with E-state index in [0.29, 0.717) is 11.4 Å². The molecule has 0 aliphatic heterocycles. The lowest BCUT2D eigenvalue weighted by Gasteiger charge is -2.18. The molecule has 0 spiro atoms. The zero-order chi connectivity index (χ0) is 15.9. The van der Waals surface area contributed by atoms with Gasteiger partial charge in [0, 0.05) is 17.8 Å². The van der Waals surface area contributed by atoms with Gasteiger partial charge in [-0.25, -0.2) is 4.98 Å². The Kier molecular flexibility index (Phi) is 4.45. The zero-order valence-corrected chi connectivity index (χ0v) is 15.1. The molecule has 2 unspecified atom stereocenters. The zero-order valence-electron chi connectivity index (χ0n) is 13.5. The molecule has 1 saturated carbocycles. The molecule has 0 amide bonds. The van der Waals surface area contributed by atoms with Crippen LogP contribution in [0.1, 0.15) is 45.9 Å². The molecule has 1 heterocycles. The normalized spacial score (nSPS) is 22.6. The van der Waals surface area contributed by atoms with Crippen LogP contribution in [0.3, 0.4) is 0 Å². The summed E-state index contributed by atoms with van der Waals surface area (Å²) >= 11 is 8.22. The average molecular weight is 340 g/mol. The molecule has 0 bridgehead atoms. The van der Waals surface area contributed by atoms with E-state index in [2.05, 4.69) is 25.8 Å². The van der Waals surface area contributed by atoms with Gasteiger partial charge in [0.1, 0.15) is 5.52 Å². The molecule has 22 heavy (non-hydrogen) atoms. The second kappa shape index (κ2) is 6.06. The summed E-state index contributed by atoms with van der Waals surface area (Å²) in [6.45, 7) is 6.30. The van der Waals surface area contributed by atoms with E-state index in [9.17, 15) is 0 Å². The highest BCUT2D eigenvalue weighted by Gasteiger charge is 2.30. The van der Waals surface area contributed by atoms with Crippen molar-refractivity contribution >= 4 is 34.5 Å². The monoisotopic (exact) mass is 339 g/mol. The minimum atomic E-state index is -0.115. The first-order chi connectivity index (χ1) is 10.4. The topological polar surface area (TPSA) is 35.3 Å². The van der Waals surface area contributed by atoms with Crippen molar-refractivity contribution in [3.05, 3.63) is 23.0 Å². The summed E-state index contributed by atoms with van der Waals surface area (Å²) in [7, 11) is 1.79. The van der Waals surface area contributed by atoms with Gasteiger partial charge in [-0.15, -0.1) is 11.8 Å². The number of thioether (sulfide) groups is 1. The summed E-state index contributed by atoms with van der Waals surface area (Å²) in [6.07, 6.45) is 3.76. The minimum absolute atomic E-state index is 0.115. The molecular weight excluding hydrogens is 318 g/mol. The standard InChI is InChI=1S/C17H22ClNO2S/c1-17(2,3)16-19-11-9-8-10(18)15(14(11)21-16)22-13-7-5-6-12(13)20-4/h8-9,12-13H,5-7H2,1-4H3. The third-order valence-electron chi connectivity index (χ3n) is 4.07. The van der Waals surface area contributed by atoms with Gasteiger partial charge in [0.25, 0.3) is 0 Å². The number of oxazole rings is 1. The number of ether oxygens (including phenoxy) is 1. The van der Waals surface area contributed by atoms with Crippen LogP contribution in [0.15, 0.2) is 21.4 Å². The van der Waals surface area contributed by atoms with Crippen molar-refractivity contribution in [1.82, 2.24) is 4.98 Å². The molecule has 3 nitrogen and oxygen atoms in total. The Hall–Kier alpha value is -0.710. The molecule has 1 aliphatic rings. The van der Waals surface area contributed by atoms with E-state index in [4.69, 9.17) is 20.8 Å². The van der Waals surface area contributed by atoms with Crippen LogP contribution < -0.4 is 0 Å². The van der Waals surface area contributed by atoms with Crippen LogP contribution in [-0.4, -0.2) is 23.4 Å². The maximum atomic E-state index is 6.45. The van der Waals surface area contributed by atoms with Crippen molar-refractivity contribution in [3.63, 3.8) is 0 Å². The number of halogens is 1. The van der Waals surface area contributed by atoms with Crippen LogP contribution in [0, 0.1) is 0 Å². The van der Waals surface area contributed by atoms with Gasteiger partial charge in [-0.05, 0) is 31.4 Å². The number of benzene rings is 1. The molecule has 2 atom stereocenters. The quantitative estimate of drug-likeness (QED) is 0.746. The fraction of sp³-hybridized carbons (Fsp3) is 0.588. The Labute approximate surface area is 140 Å². The molecular formula is C17H22ClNO2S. The summed E-state index contributed by atoms with van der Waals surface area (Å²) < 4.78 is 11.7. The van der Waals surface area contributed by atoms with Gasteiger partial charge in [0.05, 0.1) is 16.0 Å². The van der Waals surface area contributed by atoms with Crippen LogP contribution in [0.25, 0.3) is 11.1 Å². The van der Waals surface area contributed by atoms with Crippen LogP contribution in [0.4, 0.5) is 0 Å². The minimum Gasteiger partial charge on any atom is -0.439 e. The number of methoxy groups -OCH3 is 1. The maximum Gasteiger partial charge on any atom is 0.200 e. The third-order valence-corrected chi connectivity index (χ3v) is 5.98. The third kappa shape index (κ3) is 3.01. The molecule has 0 radical (unpaired) electrons. The number of hydrogen-bond acceptors (Lipinski definition) is 4. The SMILES string of the molecule is COC1CCCC1Sc1c(Cl)ccc2nc(C(C)(C)C)oc12. The molecule has 3 rings (SSSR count). The van der Waals surface area contributed by atoms with Crippen LogP contribution >= 0.6 is 23.4 Å². The Morgan fingerprint density at radius 1 is 1.32 bits per heavy atom. The lowest BCUT2D eigenvalue weighted by molar-refractivity contribution is 0.113. The second-order valence-electron chi connectivity index (χ2n) is 6.86. The highest BCUT2D eigenvalue weighted by Crippen LogP contribution is 2.43. The van der Waals surface area contributed by atoms with Crippen molar-refractivity contribution in [2.45, 2.75) is 61.7 Å². The van der Waals surface area contributed by atoms with Crippen molar-refractivity contribution in [3.8, 4) is 0 Å². The van der Waals surface area contributed by atoms with E-state index in [1.807, 2.05) is 12.1 Å². The van der Waals surface area contributed by atoms with Crippen LogP contribution in [0.2, 0.25) is 5.02 Å². The number of nitrogens with zero attached hydrogens (tertiary/aromatic N) is 1. The Morgan fingerprint density at radius 2 is 2.09 bits per heavy atom. The molecule has 120 valence electrons. The summed E-state index contributed by atoms with van der Waals surface area (Å²) in [4.78, 5) is 5.63. The van der Waals surface area contributed by atoms with E-state index in [1.54, 1.807) is 18.9 Å². The highest BCUT2D eigenvalue weighted by atomic mass is 35.5. The predicted molar refractivity (Wildman–Crippen MR) is 92.0 cm³/mol. The van der Waals surface area contributed by atoms with E-state index < -0.39 is 0 Å². The maximum absolute atomic E-state index is 6.45. The van der Waals surface area contributed by atoms with E-state index in [0.717, 1.165) is 39.8 Å². The first-order valence-corrected chi connectivity index (χ1v) is 8.95. The van der Waals surface area contributed by atoms with Gasteiger partial charge in [-0.1, -0.05) is 32.4 Å². The van der Waals surface area contributed by atoms with Crippen molar-refractivity contribution in [1.29, 1.82) is 0 Å². The number of aromatic nitrogens is 1. The lowest BCUT2D eigenvalue weighted by Crippen LogP contribution is -2.18. The molecule has 5 heteroatoms. The fourth-order valence-electron chi connectivity index (χ4n) is 2.82. The smallest absolute Gasteiger partial charge is 0.200 e. The van der Waals surface area contributed by atoms with E-state index in [-0.39, 0.29) is 5.41 Å². The van der Waals surface area contributed by atoms with Crippen LogP contribution in [-0.2, 0) is 10.2 Å². The number of hydrogen-bond donors (Lipinski definition) is 0. The van der Waals surface area contributed by atoms with Crippen molar-refractivity contribution < 1.29 is 9.15 Å². The summed E-state index contributed by atoms with van der Waals surface area (Å²) in [6, 6.07) is 3.85. The molecule has 1 aliphatic carbocycles. The molecule has 1 fully saturated rings. The van der Waals surface area contributed by atoms with Crippen LogP contribution in [0.5, 0.6) is 0 Å². The Morgan fingerprint density at radius 3 is 2.77 bits per heavy atom. The van der Waals surface area contributed by atoms with Gasteiger partial charge >= 0.3 is 0 Å². The fourth-order valence-corrected chi connectivity index (χ4v) is 4.52. The van der Waals surface area contributed by atoms with Crippen molar-refractivity contribution in [2.75, 3.05) is 7.11 Å². The van der Waals surface area contributed by atoms with Crippen molar-refractivity contribution in [2.24, 2.45) is 0 Å².